The lowest BCUT2D eigenvalue weighted by Crippen LogP contribution is -2.24. The van der Waals surface area contributed by atoms with Crippen LogP contribution < -0.4 is 10.6 Å². The number of carbonyl (C=O) groups is 2. The van der Waals surface area contributed by atoms with Crippen LogP contribution in [0.4, 0.5) is 11.4 Å². The van der Waals surface area contributed by atoms with Crippen LogP contribution in [0.2, 0.25) is 5.02 Å². The molecule has 0 fully saturated rings. The van der Waals surface area contributed by atoms with Crippen molar-refractivity contribution in [3.63, 3.8) is 0 Å². The predicted molar refractivity (Wildman–Crippen MR) is 79.8 cm³/mol. The highest BCUT2D eigenvalue weighted by Crippen LogP contribution is 2.26. The van der Waals surface area contributed by atoms with Gasteiger partial charge in [0, 0.05) is 11.9 Å². The van der Waals surface area contributed by atoms with Gasteiger partial charge in [-0.15, -0.1) is 0 Å². The van der Waals surface area contributed by atoms with Gasteiger partial charge in [0.25, 0.3) is 0 Å². The van der Waals surface area contributed by atoms with Crippen molar-refractivity contribution >= 4 is 34.8 Å². The molecule has 0 heterocycles. The Bertz CT molecular complexity index is 503. The van der Waals surface area contributed by atoms with Crippen LogP contribution in [0.5, 0.6) is 0 Å². The van der Waals surface area contributed by atoms with Gasteiger partial charge in [-0.05, 0) is 24.1 Å². The zero-order valence-electron chi connectivity index (χ0n) is 11.7. The summed E-state index contributed by atoms with van der Waals surface area (Å²) >= 11 is 5.86. The summed E-state index contributed by atoms with van der Waals surface area (Å²) < 4.78 is 0. The van der Waals surface area contributed by atoms with Gasteiger partial charge in [-0.3, -0.25) is 9.59 Å². The lowest BCUT2D eigenvalue weighted by atomic mass is 10.0. The van der Waals surface area contributed by atoms with E-state index in [0.29, 0.717) is 16.4 Å². The summed E-state index contributed by atoms with van der Waals surface area (Å²) in [7, 11) is 0. The standard InChI is InChI=1S/C14H19ClN2O3/c1-8(2)13(19)7-14(20)17-11-5-4-10(15)6-12(11)16-9(3)18/h4-6,8,13,19H,7H2,1-3H3,(H,16,18)(H,17,20). The maximum absolute atomic E-state index is 11.8. The van der Waals surface area contributed by atoms with Crippen LogP contribution in [0.15, 0.2) is 18.2 Å². The van der Waals surface area contributed by atoms with Crippen molar-refractivity contribution < 1.29 is 14.7 Å². The molecule has 1 rings (SSSR count). The Balaban J connectivity index is 2.81. The molecule has 0 radical (unpaired) electrons. The first kappa shape index (κ1) is 16.5. The van der Waals surface area contributed by atoms with Crippen molar-refractivity contribution in [2.45, 2.75) is 33.3 Å². The third kappa shape index (κ3) is 5.19. The molecule has 1 atom stereocenters. The van der Waals surface area contributed by atoms with Crippen LogP contribution in [0.25, 0.3) is 0 Å². The summed E-state index contributed by atoms with van der Waals surface area (Å²) in [6.45, 7) is 5.04. The molecule has 0 aliphatic rings. The lowest BCUT2D eigenvalue weighted by molar-refractivity contribution is -0.118. The highest BCUT2D eigenvalue weighted by Gasteiger charge is 2.15. The average Bonchev–Trinajstić information content (AvgIpc) is 2.31. The van der Waals surface area contributed by atoms with Crippen LogP contribution in [0.3, 0.4) is 0 Å². The molecule has 1 aromatic rings. The molecule has 0 saturated heterocycles. The molecule has 1 unspecified atom stereocenters. The molecule has 110 valence electrons. The quantitative estimate of drug-likeness (QED) is 0.782. The number of rotatable bonds is 5. The number of aliphatic hydroxyl groups excluding tert-OH is 1. The van der Waals surface area contributed by atoms with Crippen molar-refractivity contribution in [3.05, 3.63) is 23.2 Å². The fourth-order valence-corrected chi connectivity index (χ4v) is 1.72. The summed E-state index contributed by atoms with van der Waals surface area (Å²) in [6.07, 6.45) is -0.702. The van der Waals surface area contributed by atoms with Crippen LogP contribution in [-0.2, 0) is 9.59 Å². The van der Waals surface area contributed by atoms with Gasteiger partial charge in [0.2, 0.25) is 11.8 Å². The molecule has 3 N–H and O–H groups in total. The first-order valence-electron chi connectivity index (χ1n) is 6.34. The van der Waals surface area contributed by atoms with E-state index in [2.05, 4.69) is 10.6 Å². The smallest absolute Gasteiger partial charge is 0.227 e. The third-order valence-corrected chi connectivity index (χ3v) is 2.97. The monoisotopic (exact) mass is 298 g/mol. The zero-order valence-corrected chi connectivity index (χ0v) is 12.5. The molecule has 5 nitrogen and oxygen atoms in total. The van der Waals surface area contributed by atoms with Gasteiger partial charge in [0.15, 0.2) is 0 Å². The minimum Gasteiger partial charge on any atom is -0.392 e. The van der Waals surface area contributed by atoms with Gasteiger partial charge in [-0.25, -0.2) is 0 Å². The fraction of sp³-hybridized carbons (Fsp3) is 0.429. The zero-order chi connectivity index (χ0) is 15.3. The largest absolute Gasteiger partial charge is 0.392 e. The van der Waals surface area contributed by atoms with Crippen molar-refractivity contribution in [1.29, 1.82) is 0 Å². The first-order chi connectivity index (χ1) is 9.29. The normalized spacial score (nSPS) is 12.1. The number of carbonyl (C=O) groups excluding carboxylic acids is 2. The molecule has 0 aromatic heterocycles. The lowest BCUT2D eigenvalue weighted by Gasteiger charge is -2.16. The maximum Gasteiger partial charge on any atom is 0.227 e. The van der Waals surface area contributed by atoms with Gasteiger partial charge in [0.1, 0.15) is 0 Å². The Labute approximate surface area is 123 Å². The second-order valence-corrected chi connectivity index (χ2v) is 5.37. The molecule has 0 aliphatic heterocycles. The molecule has 6 heteroatoms. The molecular formula is C14H19ClN2O3. The number of anilines is 2. The molecule has 20 heavy (non-hydrogen) atoms. The Hall–Kier alpha value is -1.59. The van der Waals surface area contributed by atoms with E-state index in [9.17, 15) is 14.7 Å². The van der Waals surface area contributed by atoms with E-state index in [0.717, 1.165) is 0 Å². The molecule has 0 aliphatic carbocycles. The van der Waals surface area contributed by atoms with E-state index < -0.39 is 6.10 Å². The summed E-state index contributed by atoms with van der Waals surface area (Å²) in [6, 6.07) is 4.77. The summed E-state index contributed by atoms with van der Waals surface area (Å²) in [5, 5.41) is 15.4. The van der Waals surface area contributed by atoms with Crippen LogP contribution in [0.1, 0.15) is 27.2 Å². The van der Waals surface area contributed by atoms with Gasteiger partial charge in [-0.1, -0.05) is 25.4 Å². The van der Waals surface area contributed by atoms with E-state index in [1.165, 1.54) is 6.92 Å². The Morgan fingerprint density at radius 2 is 1.90 bits per heavy atom. The number of nitrogens with one attached hydrogen (secondary N) is 2. The summed E-state index contributed by atoms with van der Waals surface area (Å²) in [5.74, 6) is -0.578. The van der Waals surface area contributed by atoms with Crippen molar-refractivity contribution in [3.8, 4) is 0 Å². The SMILES string of the molecule is CC(=O)Nc1cc(Cl)ccc1NC(=O)CC(O)C(C)C. The van der Waals surface area contributed by atoms with Gasteiger partial charge >= 0.3 is 0 Å². The molecule has 1 aromatic carbocycles. The number of benzene rings is 1. The number of halogens is 1. The number of hydrogen-bond donors (Lipinski definition) is 3. The molecule has 0 saturated carbocycles. The second-order valence-electron chi connectivity index (χ2n) is 4.93. The Morgan fingerprint density at radius 3 is 2.45 bits per heavy atom. The molecule has 2 amide bonds. The maximum atomic E-state index is 11.8. The van der Waals surface area contributed by atoms with E-state index in [-0.39, 0.29) is 24.2 Å². The topological polar surface area (TPSA) is 78.4 Å². The average molecular weight is 299 g/mol. The van der Waals surface area contributed by atoms with Gasteiger partial charge < -0.3 is 15.7 Å². The van der Waals surface area contributed by atoms with Crippen LogP contribution >= 0.6 is 11.6 Å². The second kappa shape index (κ2) is 7.26. The Kier molecular flexibility index (Phi) is 5.98. The van der Waals surface area contributed by atoms with E-state index in [4.69, 9.17) is 11.6 Å². The van der Waals surface area contributed by atoms with E-state index in [1.807, 2.05) is 13.8 Å². The number of aliphatic hydroxyl groups is 1. The van der Waals surface area contributed by atoms with Gasteiger partial charge in [0.05, 0.1) is 23.9 Å². The van der Waals surface area contributed by atoms with Crippen LogP contribution in [0, 0.1) is 5.92 Å². The third-order valence-electron chi connectivity index (χ3n) is 2.73. The fourth-order valence-electron chi connectivity index (χ4n) is 1.55. The molecular weight excluding hydrogens is 280 g/mol. The van der Waals surface area contributed by atoms with E-state index in [1.54, 1.807) is 18.2 Å². The number of hydrogen-bond acceptors (Lipinski definition) is 3. The Morgan fingerprint density at radius 1 is 1.25 bits per heavy atom. The summed E-state index contributed by atoms with van der Waals surface area (Å²) in [5.41, 5.74) is 0.878. The van der Waals surface area contributed by atoms with Crippen molar-refractivity contribution in [2.75, 3.05) is 10.6 Å². The predicted octanol–water partition coefficient (Wildman–Crippen LogP) is 2.64. The van der Waals surface area contributed by atoms with Crippen molar-refractivity contribution in [1.82, 2.24) is 0 Å². The summed E-state index contributed by atoms with van der Waals surface area (Å²) in [4.78, 5) is 23.0. The molecule has 0 spiro atoms. The minimum atomic E-state index is -0.702. The highest BCUT2D eigenvalue weighted by molar-refractivity contribution is 6.31. The number of amides is 2. The molecule has 0 bridgehead atoms. The highest BCUT2D eigenvalue weighted by atomic mass is 35.5. The van der Waals surface area contributed by atoms with E-state index >= 15 is 0 Å². The van der Waals surface area contributed by atoms with Crippen molar-refractivity contribution in [2.24, 2.45) is 5.92 Å². The first-order valence-corrected chi connectivity index (χ1v) is 6.72. The van der Waals surface area contributed by atoms with Gasteiger partial charge in [-0.2, -0.15) is 0 Å². The van der Waals surface area contributed by atoms with Crippen LogP contribution in [-0.4, -0.2) is 23.0 Å². The minimum absolute atomic E-state index is 0.000194.